The van der Waals surface area contributed by atoms with Gasteiger partial charge in [-0.15, -0.1) is 0 Å². The first-order valence-electron chi connectivity index (χ1n) is 7.68. The molecule has 2 aliphatic rings. The Balaban J connectivity index is 1.58. The smallest absolute Gasteiger partial charge is 0.315 e. The molecule has 2 fully saturated rings. The molecule has 2 atom stereocenters. The van der Waals surface area contributed by atoms with Gasteiger partial charge in [0.05, 0.1) is 12.1 Å². The molecule has 0 radical (unpaired) electrons. The molecule has 1 aromatic rings. The van der Waals surface area contributed by atoms with Crippen molar-refractivity contribution in [3.8, 4) is 0 Å². The Morgan fingerprint density at radius 3 is 2.50 bits per heavy atom. The van der Waals surface area contributed by atoms with E-state index in [1.54, 1.807) is 0 Å². The molecule has 0 bridgehead atoms. The summed E-state index contributed by atoms with van der Waals surface area (Å²) in [5, 5.41) is 15.1. The first kappa shape index (κ1) is 15.2. The van der Waals surface area contributed by atoms with Crippen molar-refractivity contribution in [3.05, 3.63) is 35.4 Å². The summed E-state index contributed by atoms with van der Waals surface area (Å²) in [4.78, 5) is 12.0. The molecule has 0 heterocycles. The lowest BCUT2D eigenvalue weighted by Gasteiger charge is -2.28. The summed E-state index contributed by atoms with van der Waals surface area (Å²) in [6, 6.07) is 3.15. The molecule has 1 aromatic carbocycles. The number of nitrogens with one attached hydrogen (secondary N) is 2. The minimum atomic E-state index is -0.572. The average Bonchev–Trinajstić information content (AvgIpc) is 3.05. The summed E-state index contributed by atoms with van der Waals surface area (Å²) < 4.78 is 27.4. The van der Waals surface area contributed by atoms with Gasteiger partial charge in [-0.25, -0.2) is 13.6 Å². The second-order valence-corrected chi connectivity index (χ2v) is 6.33. The van der Waals surface area contributed by atoms with Gasteiger partial charge in [0, 0.05) is 17.5 Å². The van der Waals surface area contributed by atoms with Crippen LogP contribution in [0.1, 0.15) is 43.6 Å². The van der Waals surface area contributed by atoms with Gasteiger partial charge in [-0.1, -0.05) is 18.9 Å². The zero-order valence-electron chi connectivity index (χ0n) is 12.2. The molecule has 2 amide bonds. The fourth-order valence-corrected chi connectivity index (χ4v) is 3.36. The Bertz CT molecular complexity index is 553. The Labute approximate surface area is 127 Å². The molecule has 4 nitrogen and oxygen atoms in total. The number of hydrogen-bond acceptors (Lipinski definition) is 2. The Hall–Kier alpha value is -1.69. The minimum absolute atomic E-state index is 0.0468. The maximum absolute atomic E-state index is 13.7. The third-order valence-electron chi connectivity index (χ3n) is 4.72. The third-order valence-corrected chi connectivity index (χ3v) is 4.72. The first-order chi connectivity index (χ1) is 10.5. The molecule has 2 aliphatic carbocycles. The molecule has 0 saturated heterocycles. The molecule has 120 valence electrons. The van der Waals surface area contributed by atoms with Crippen LogP contribution in [0.3, 0.4) is 0 Å². The summed E-state index contributed by atoms with van der Waals surface area (Å²) in [5.74, 6) is -1.46. The maximum Gasteiger partial charge on any atom is 0.315 e. The van der Waals surface area contributed by atoms with Crippen LogP contribution >= 0.6 is 0 Å². The van der Waals surface area contributed by atoms with Crippen molar-refractivity contribution in [1.82, 2.24) is 10.6 Å². The third kappa shape index (κ3) is 2.92. The highest BCUT2D eigenvalue weighted by atomic mass is 19.1. The lowest BCUT2D eigenvalue weighted by atomic mass is 9.99. The topological polar surface area (TPSA) is 61.4 Å². The monoisotopic (exact) mass is 310 g/mol. The quantitative estimate of drug-likeness (QED) is 0.800. The van der Waals surface area contributed by atoms with Crippen LogP contribution in [-0.4, -0.2) is 29.3 Å². The van der Waals surface area contributed by atoms with Crippen molar-refractivity contribution >= 4 is 6.03 Å². The predicted octanol–water partition coefficient (Wildman–Crippen LogP) is 2.43. The van der Waals surface area contributed by atoms with E-state index in [0.29, 0.717) is 6.42 Å². The van der Waals surface area contributed by atoms with Gasteiger partial charge >= 0.3 is 6.03 Å². The molecule has 2 saturated carbocycles. The van der Waals surface area contributed by atoms with Crippen LogP contribution < -0.4 is 10.6 Å². The van der Waals surface area contributed by atoms with E-state index in [4.69, 9.17) is 0 Å². The fraction of sp³-hybridized carbons (Fsp3) is 0.562. The van der Waals surface area contributed by atoms with E-state index in [2.05, 4.69) is 10.6 Å². The van der Waals surface area contributed by atoms with Crippen LogP contribution in [0, 0.1) is 11.6 Å². The molecule has 22 heavy (non-hydrogen) atoms. The second kappa shape index (κ2) is 5.83. The van der Waals surface area contributed by atoms with Gasteiger partial charge < -0.3 is 15.7 Å². The van der Waals surface area contributed by atoms with Crippen LogP contribution in [0.2, 0.25) is 0 Å². The summed E-state index contributed by atoms with van der Waals surface area (Å²) in [6.07, 6.45) is 4.00. The van der Waals surface area contributed by atoms with Crippen LogP contribution in [-0.2, 0) is 0 Å². The predicted molar refractivity (Wildman–Crippen MR) is 77.5 cm³/mol. The number of amides is 2. The van der Waals surface area contributed by atoms with E-state index in [1.165, 1.54) is 18.2 Å². The lowest BCUT2D eigenvalue weighted by molar-refractivity contribution is 0.162. The van der Waals surface area contributed by atoms with E-state index in [1.807, 2.05) is 0 Å². The van der Waals surface area contributed by atoms with E-state index in [0.717, 1.165) is 25.7 Å². The highest BCUT2D eigenvalue weighted by Gasteiger charge is 2.44. The number of carbonyl (C=O) groups excluding carboxylic acids is 1. The van der Waals surface area contributed by atoms with Crippen LogP contribution in [0.4, 0.5) is 13.6 Å². The number of rotatable bonds is 4. The van der Waals surface area contributed by atoms with Gasteiger partial charge in [-0.05, 0) is 31.4 Å². The Kier molecular flexibility index (Phi) is 4.04. The van der Waals surface area contributed by atoms with Crippen molar-refractivity contribution in [1.29, 1.82) is 0 Å². The second-order valence-electron chi connectivity index (χ2n) is 6.33. The van der Waals surface area contributed by atoms with Crippen molar-refractivity contribution in [2.24, 2.45) is 0 Å². The van der Waals surface area contributed by atoms with Gasteiger partial charge in [-0.2, -0.15) is 0 Å². The van der Waals surface area contributed by atoms with Crippen LogP contribution in [0.5, 0.6) is 0 Å². The lowest BCUT2D eigenvalue weighted by Crippen LogP contribution is -2.53. The number of hydrogen-bond donors (Lipinski definition) is 3. The highest BCUT2D eigenvalue weighted by Crippen LogP contribution is 2.43. The van der Waals surface area contributed by atoms with E-state index >= 15 is 0 Å². The van der Waals surface area contributed by atoms with Gasteiger partial charge in [-0.3, -0.25) is 0 Å². The molecule has 0 aromatic heterocycles. The molecule has 3 N–H and O–H groups in total. The van der Waals surface area contributed by atoms with E-state index in [9.17, 15) is 18.7 Å². The summed E-state index contributed by atoms with van der Waals surface area (Å²) in [6.45, 7) is -0.0868. The largest absolute Gasteiger partial charge is 0.394 e. The molecular formula is C16H20F2N2O2. The highest BCUT2D eigenvalue weighted by molar-refractivity contribution is 5.76. The zero-order chi connectivity index (χ0) is 15.7. The number of aliphatic hydroxyl groups excluding tert-OH is 1. The van der Waals surface area contributed by atoms with Crippen LogP contribution in [0.15, 0.2) is 18.2 Å². The minimum Gasteiger partial charge on any atom is -0.394 e. The molecular weight excluding hydrogens is 290 g/mol. The summed E-state index contributed by atoms with van der Waals surface area (Å²) >= 11 is 0. The number of urea groups is 1. The molecule has 2 unspecified atom stereocenters. The number of carbonyl (C=O) groups is 1. The van der Waals surface area contributed by atoms with Crippen molar-refractivity contribution in [3.63, 3.8) is 0 Å². The zero-order valence-corrected chi connectivity index (χ0v) is 12.2. The summed E-state index contributed by atoms with van der Waals surface area (Å²) in [7, 11) is 0. The van der Waals surface area contributed by atoms with Crippen molar-refractivity contribution < 1.29 is 18.7 Å². The SMILES string of the molecule is O=C(NC1CC1c1c(F)cccc1F)NC1(CO)CCCC1. The fourth-order valence-electron chi connectivity index (χ4n) is 3.36. The molecule has 3 rings (SSSR count). The first-order valence-corrected chi connectivity index (χ1v) is 7.68. The number of aliphatic hydroxyl groups is 1. The maximum atomic E-state index is 13.7. The van der Waals surface area contributed by atoms with Gasteiger partial charge in [0.2, 0.25) is 0 Å². The van der Waals surface area contributed by atoms with Crippen LogP contribution in [0.25, 0.3) is 0 Å². The average molecular weight is 310 g/mol. The molecule has 6 heteroatoms. The standard InChI is InChI=1S/C16H20F2N2O2/c17-11-4-3-5-12(18)14(11)10-8-13(10)19-15(22)20-16(9-21)6-1-2-7-16/h3-5,10,13,21H,1-2,6-9H2,(H2,19,20,22). The number of halogens is 2. The van der Waals surface area contributed by atoms with Crippen molar-refractivity contribution in [2.75, 3.05) is 6.61 Å². The van der Waals surface area contributed by atoms with Gasteiger partial charge in [0.15, 0.2) is 0 Å². The van der Waals surface area contributed by atoms with Gasteiger partial charge in [0.25, 0.3) is 0 Å². The number of benzene rings is 1. The molecule has 0 spiro atoms. The van der Waals surface area contributed by atoms with E-state index < -0.39 is 17.2 Å². The molecule has 0 aliphatic heterocycles. The van der Waals surface area contributed by atoms with Crippen molar-refractivity contribution in [2.45, 2.75) is 49.6 Å². The van der Waals surface area contributed by atoms with E-state index in [-0.39, 0.29) is 30.2 Å². The Morgan fingerprint density at radius 1 is 1.27 bits per heavy atom. The normalized spacial score (nSPS) is 25.8. The Morgan fingerprint density at radius 2 is 1.91 bits per heavy atom. The van der Waals surface area contributed by atoms with Gasteiger partial charge in [0.1, 0.15) is 11.6 Å². The summed E-state index contributed by atoms with van der Waals surface area (Å²) in [5.41, 5.74) is -0.497.